The summed E-state index contributed by atoms with van der Waals surface area (Å²) in [4.78, 5) is 35.8. The number of carbonyl (C=O) groups excluding carboxylic acids is 2. The molecule has 10 nitrogen and oxygen atoms in total. The van der Waals surface area contributed by atoms with Crippen molar-refractivity contribution in [2.24, 2.45) is 0 Å². The van der Waals surface area contributed by atoms with E-state index >= 15 is 0 Å². The molecule has 4 rings (SSSR count). The van der Waals surface area contributed by atoms with Gasteiger partial charge in [-0.1, -0.05) is 48.5 Å². The van der Waals surface area contributed by atoms with E-state index in [2.05, 4.69) is 20.3 Å². The number of ether oxygens (including phenoxy) is 1. The van der Waals surface area contributed by atoms with Gasteiger partial charge in [-0.25, -0.2) is 14.2 Å². The van der Waals surface area contributed by atoms with Gasteiger partial charge in [0.25, 0.3) is 5.91 Å². The van der Waals surface area contributed by atoms with Gasteiger partial charge in [-0.2, -0.15) is 13.2 Å². The molecule has 3 N–H and O–H groups in total. The van der Waals surface area contributed by atoms with Crippen LogP contribution in [0.1, 0.15) is 34.5 Å². The first-order valence-electron chi connectivity index (χ1n) is 10.1. The van der Waals surface area contributed by atoms with Crippen molar-refractivity contribution in [2.45, 2.75) is 24.6 Å². The van der Waals surface area contributed by atoms with Crippen LogP contribution >= 0.6 is 0 Å². The highest BCUT2D eigenvalue weighted by atomic mass is 19.4. The first-order chi connectivity index (χ1) is 16.5. The maximum Gasteiger partial charge on any atom is 0.422 e. The fourth-order valence-corrected chi connectivity index (χ4v) is 3.68. The Morgan fingerprint density at radius 1 is 1.03 bits per heavy atom. The molecule has 1 aliphatic carbocycles. The largest absolute Gasteiger partial charge is 0.479 e. The van der Waals surface area contributed by atoms with Crippen molar-refractivity contribution in [1.82, 2.24) is 15.6 Å². The number of rotatable bonds is 6. The summed E-state index contributed by atoms with van der Waals surface area (Å²) in [5.41, 5.74) is -0.583. The van der Waals surface area contributed by atoms with Crippen molar-refractivity contribution in [3.63, 3.8) is 0 Å². The second-order valence-electron chi connectivity index (χ2n) is 7.79. The zero-order valence-corrected chi connectivity index (χ0v) is 17.9. The maximum atomic E-state index is 13.2. The highest BCUT2D eigenvalue weighted by molar-refractivity contribution is 6.02. The van der Waals surface area contributed by atoms with Gasteiger partial charge in [0.15, 0.2) is 0 Å². The van der Waals surface area contributed by atoms with E-state index in [9.17, 15) is 27.6 Å². The number of carboxylic acid groups (broad SMARTS) is 1. The van der Waals surface area contributed by atoms with E-state index in [0.717, 1.165) is 22.3 Å². The third kappa shape index (κ3) is 4.27. The molecule has 0 radical (unpaired) electrons. The average molecular weight is 490 g/mol. The van der Waals surface area contributed by atoms with Crippen molar-refractivity contribution >= 4 is 23.8 Å². The predicted molar refractivity (Wildman–Crippen MR) is 113 cm³/mol. The summed E-state index contributed by atoms with van der Waals surface area (Å²) in [6.07, 6.45) is -6.40. The van der Waals surface area contributed by atoms with Gasteiger partial charge in [0.05, 0.1) is 0 Å². The molecular formula is C22H17F3N4O6. The Labute approximate surface area is 195 Å². The number of nitrogens with zero attached hydrogens (tertiary/aromatic N) is 2. The molecule has 1 aromatic heterocycles. The van der Waals surface area contributed by atoms with E-state index in [-0.39, 0.29) is 19.4 Å². The fourth-order valence-electron chi connectivity index (χ4n) is 3.68. The minimum Gasteiger partial charge on any atom is -0.479 e. The molecular weight excluding hydrogens is 473 g/mol. The van der Waals surface area contributed by atoms with Crippen LogP contribution in [0.3, 0.4) is 0 Å². The van der Waals surface area contributed by atoms with Crippen LogP contribution in [0.5, 0.6) is 0 Å². The van der Waals surface area contributed by atoms with Crippen LogP contribution in [0, 0.1) is 0 Å². The summed E-state index contributed by atoms with van der Waals surface area (Å²) < 4.78 is 49.2. The molecule has 0 saturated heterocycles. The number of aromatic nitrogens is 2. The fraction of sp³-hybridized carbons (Fsp3) is 0.227. The Hall–Kier alpha value is -4.42. The second kappa shape index (κ2) is 8.74. The summed E-state index contributed by atoms with van der Waals surface area (Å²) in [5.74, 6) is -4.84. The molecule has 35 heavy (non-hydrogen) atoms. The first kappa shape index (κ1) is 23.7. The number of halogens is 3. The lowest BCUT2D eigenvalue weighted by molar-refractivity contribution is -0.203. The lowest BCUT2D eigenvalue weighted by atomic mass is 9.98. The van der Waals surface area contributed by atoms with E-state index in [4.69, 9.17) is 9.84 Å². The number of hydrogen-bond acceptors (Lipinski definition) is 7. The molecule has 0 spiro atoms. The smallest absolute Gasteiger partial charge is 0.422 e. The summed E-state index contributed by atoms with van der Waals surface area (Å²) in [5, 5.41) is 18.8. The van der Waals surface area contributed by atoms with Gasteiger partial charge in [0.2, 0.25) is 17.1 Å². The third-order valence-corrected chi connectivity index (χ3v) is 5.63. The minimum absolute atomic E-state index is 0.0855. The van der Waals surface area contributed by atoms with Crippen LogP contribution < -0.4 is 10.6 Å². The first-order valence-corrected chi connectivity index (χ1v) is 10.1. The zero-order valence-electron chi connectivity index (χ0n) is 17.9. The molecule has 0 saturated carbocycles. The van der Waals surface area contributed by atoms with Crippen molar-refractivity contribution in [1.29, 1.82) is 0 Å². The predicted octanol–water partition coefficient (Wildman–Crippen LogP) is 3.57. The van der Waals surface area contributed by atoms with Gasteiger partial charge in [0, 0.05) is 5.92 Å². The Balaban J connectivity index is 1.45. The number of anilines is 1. The number of nitrogens with one attached hydrogen (secondary N) is 2. The second-order valence-corrected chi connectivity index (χ2v) is 7.79. The molecule has 1 atom stereocenters. The van der Waals surface area contributed by atoms with E-state index in [1.807, 2.05) is 48.5 Å². The molecule has 13 heteroatoms. The number of benzene rings is 2. The molecule has 0 aliphatic heterocycles. The molecule has 1 aliphatic rings. The van der Waals surface area contributed by atoms with Gasteiger partial charge >= 0.3 is 18.2 Å². The number of carbonyl (C=O) groups is 3. The molecule has 2 amide bonds. The van der Waals surface area contributed by atoms with Crippen LogP contribution in [-0.2, 0) is 9.53 Å². The van der Waals surface area contributed by atoms with Crippen LogP contribution in [0.2, 0.25) is 0 Å². The summed E-state index contributed by atoms with van der Waals surface area (Å²) in [6, 6.07) is 15.2. The lowest BCUT2D eigenvalue weighted by Crippen LogP contribution is -2.62. The van der Waals surface area contributed by atoms with E-state index in [1.165, 1.54) is 5.32 Å². The highest BCUT2D eigenvalue weighted by Crippen LogP contribution is 2.44. The Morgan fingerprint density at radius 3 is 2.14 bits per heavy atom. The van der Waals surface area contributed by atoms with Crippen LogP contribution in [-0.4, -0.2) is 51.7 Å². The van der Waals surface area contributed by atoms with Crippen molar-refractivity contribution in [3.8, 4) is 11.1 Å². The molecule has 2 aromatic carbocycles. The summed E-state index contributed by atoms with van der Waals surface area (Å²) in [6.45, 7) is 0.178. The highest BCUT2D eigenvalue weighted by Gasteiger charge is 2.59. The van der Waals surface area contributed by atoms with E-state index in [1.54, 1.807) is 0 Å². The van der Waals surface area contributed by atoms with Crippen molar-refractivity contribution in [3.05, 3.63) is 65.4 Å². The molecule has 3 aromatic rings. The van der Waals surface area contributed by atoms with Crippen LogP contribution in [0.4, 0.5) is 23.8 Å². The van der Waals surface area contributed by atoms with Gasteiger partial charge in [0.1, 0.15) is 6.61 Å². The summed E-state index contributed by atoms with van der Waals surface area (Å²) >= 11 is 0. The minimum atomic E-state index is -5.33. The van der Waals surface area contributed by atoms with Crippen LogP contribution in [0.15, 0.2) is 53.2 Å². The van der Waals surface area contributed by atoms with Gasteiger partial charge in [-0.3, -0.25) is 10.1 Å². The maximum absolute atomic E-state index is 13.2. The lowest BCUT2D eigenvalue weighted by Gasteiger charge is -2.28. The zero-order chi connectivity index (χ0) is 25.4. The Bertz CT molecular complexity index is 1260. The van der Waals surface area contributed by atoms with Gasteiger partial charge < -0.3 is 15.2 Å². The number of alkyl halides is 3. The standard InChI is InChI=1S/C22H17F3N4O6/c1-21(19(31)32,22(23,24)25)27-18(30)16-17(29-35-28-16)26-20(33)34-10-15-13-8-4-2-6-11(13)12-7-3-5-9-14(12)15/h2-9,15H,10H2,1H3,(H,27,30)(H,31,32)(H,26,29,33). The summed E-state index contributed by atoms with van der Waals surface area (Å²) in [7, 11) is 0. The van der Waals surface area contributed by atoms with Crippen LogP contribution in [0.25, 0.3) is 11.1 Å². The number of hydrogen-bond donors (Lipinski definition) is 3. The van der Waals surface area contributed by atoms with E-state index < -0.39 is 41.2 Å². The topological polar surface area (TPSA) is 144 Å². The molecule has 182 valence electrons. The number of carboxylic acids is 1. The van der Waals surface area contributed by atoms with Crippen molar-refractivity contribution < 1.29 is 42.0 Å². The number of amides is 2. The Kier molecular flexibility index (Phi) is 5.92. The monoisotopic (exact) mass is 490 g/mol. The SMILES string of the molecule is CC(NC(=O)c1nonc1NC(=O)OCC1c2ccccc2-c2ccccc21)(C(=O)O)C(F)(F)F. The molecule has 0 bridgehead atoms. The molecule has 1 unspecified atom stereocenters. The molecule has 1 heterocycles. The quantitative estimate of drug-likeness (QED) is 0.476. The normalized spacial score (nSPS) is 14.4. The van der Waals surface area contributed by atoms with Crippen molar-refractivity contribution in [2.75, 3.05) is 11.9 Å². The van der Waals surface area contributed by atoms with Gasteiger partial charge in [-0.15, -0.1) is 0 Å². The number of fused-ring (bicyclic) bond motifs is 3. The number of aliphatic carboxylic acids is 1. The Morgan fingerprint density at radius 2 is 1.60 bits per heavy atom. The van der Waals surface area contributed by atoms with Gasteiger partial charge in [-0.05, 0) is 39.5 Å². The third-order valence-electron chi connectivity index (χ3n) is 5.63. The van der Waals surface area contributed by atoms with E-state index in [0.29, 0.717) is 0 Å². The molecule has 0 fully saturated rings. The average Bonchev–Trinajstić information content (AvgIpc) is 3.39.